The molecule has 0 spiro atoms. The van der Waals surface area contributed by atoms with Crippen molar-refractivity contribution in [1.29, 1.82) is 0 Å². The minimum Gasteiger partial charge on any atom is -0.482 e. The van der Waals surface area contributed by atoms with Crippen molar-refractivity contribution in [3.63, 3.8) is 0 Å². The predicted molar refractivity (Wildman–Crippen MR) is 72.2 cm³/mol. The molecule has 1 aliphatic heterocycles. The fraction of sp³-hybridized carbons (Fsp3) is 0.462. The van der Waals surface area contributed by atoms with Crippen LogP contribution in [0.5, 0.6) is 5.75 Å². The molecule has 6 heteroatoms. The second-order valence-electron chi connectivity index (χ2n) is 4.51. The lowest BCUT2D eigenvalue weighted by molar-refractivity contribution is -0.118. The molecule has 0 saturated carbocycles. The fourth-order valence-electron chi connectivity index (χ4n) is 1.87. The van der Waals surface area contributed by atoms with Gasteiger partial charge in [-0.1, -0.05) is 6.07 Å². The number of carbonyl (C=O) groups is 1. The van der Waals surface area contributed by atoms with Gasteiger partial charge < -0.3 is 26.2 Å². The molecule has 5 N–H and O–H groups in total. The number of aliphatic hydroxyl groups excluding tert-OH is 1. The zero-order valence-electron chi connectivity index (χ0n) is 10.7. The molecule has 1 unspecified atom stereocenters. The zero-order chi connectivity index (χ0) is 13.7. The summed E-state index contributed by atoms with van der Waals surface area (Å²) in [7, 11) is 0. The van der Waals surface area contributed by atoms with Gasteiger partial charge in [0.15, 0.2) is 6.61 Å². The van der Waals surface area contributed by atoms with E-state index in [1.54, 1.807) is 0 Å². The topological polar surface area (TPSA) is 96.6 Å². The highest BCUT2D eigenvalue weighted by Crippen LogP contribution is 2.28. The molecule has 1 aromatic rings. The van der Waals surface area contributed by atoms with Gasteiger partial charge in [0, 0.05) is 13.1 Å². The second-order valence-corrected chi connectivity index (χ2v) is 4.51. The van der Waals surface area contributed by atoms with E-state index in [9.17, 15) is 9.90 Å². The van der Waals surface area contributed by atoms with Crippen LogP contribution in [0.25, 0.3) is 0 Å². The number of rotatable bonds is 6. The van der Waals surface area contributed by atoms with Gasteiger partial charge in [-0.25, -0.2) is 0 Å². The van der Waals surface area contributed by atoms with Gasteiger partial charge in [0.2, 0.25) is 0 Å². The van der Waals surface area contributed by atoms with Crippen LogP contribution in [0.1, 0.15) is 5.56 Å². The van der Waals surface area contributed by atoms with E-state index in [2.05, 4.69) is 10.6 Å². The molecule has 0 fully saturated rings. The standard InChI is InChI=1S/C13H19N3O3/c14-6-10(17)7-15-4-3-9-1-2-12-11(5-9)16-13(18)8-19-12/h1-2,5,10,15,17H,3-4,6-8,14H2,(H,16,18). The minimum absolute atomic E-state index is 0.0743. The van der Waals surface area contributed by atoms with Gasteiger partial charge in [-0.2, -0.15) is 0 Å². The number of aliphatic hydroxyl groups is 1. The third kappa shape index (κ3) is 3.92. The number of anilines is 1. The van der Waals surface area contributed by atoms with E-state index in [0.29, 0.717) is 12.3 Å². The quantitative estimate of drug-likeness (QED) is 0.518. The molecular weight excluding hydrogens is 246 g/mol. The first-order valence-corrected chi connectivity index (χ1v) is 6.33. The lowest BCUT2D eigenvalue weighted by Gasteiger charge is -2.18. The van der Waals surface area contributed by atoms with Crippen LogP contribution in [-0.4, -0.2) is 43.4 Å². The van der Waals surface area contributed by atoms with Crippen LogP contribution in [0, 0.1) is 0 Å². The van der Waals surface area contributed by atoms with E-state index in [4.69, 9.17) is 10.5 Å². The molecule has 0 saturated heterocycles. The van der Waals surface area contributed by atoms with Crippen molar-refractivity contribution < 1.29 is 14.6 Å². The number of carbonyl (C=O) groups excluding carboxylic acids is 1. The van der Waals surface area contributed by atoms with Crippen LogP contribution in [0.15, 0.2) is 18.2 Å². The molecule has 104 valence electrons. The minimum atomic E-state index is -0.503. The summed E-state index contributed by atoms with van der Waals surface area (Å²) in [6.45, 7) is 1.56. The third-order valence-electron chi connectivity index (χ3n) is 2.92. The van der Waals surface area contributed by atoms with Crippen molar-refractivity contribution in [3.05, 3.63) is 23.8 Å². The maximum Gasteiger partial charge on any atom is 0.262 e. The first-order valence-electron chi connectivity index (χ1n) is 6.33. The van der Waals surface area contributed by atoms with Crippen molar-refractivity contribution in [1.82, 2.24) is 5.32 Å². The Labute approximate surface area is 111 Å². The number of ether oxygens (including phenoxy) is 1. The Morgan fingerprint density at radius 3 is 3.16 bits per heavy atom. The molecule has 1 heterocycles. The summed E-state index contributed by atoms with van der Waals surface area (Å²) in [6.07, 6.45) is 0.302. The molecule has 0 aliphatic carbocycles. The predicted octanol–water partition coefficient (Wildman–Crippen LogP) is -0.531. The Morgan fingerprint density at radius 2 is 2.37 bits per heavy atom. The summed E-state index contributed by atoms with van der Waals surface area (Å²) in [5, 5.41) is 15.2. The molecule has 6 nitrogen and oxygen atoms in total. The number of fused-ring (bicyclic) bond motifs is 1. The molecule has 1 atom stereocenters. The van der Waals surface area contributed by atoms with Crippen LogP contribution < -0.4 is 21.1 Å². The highest BCUT2D eigenvalue weighted by atomic mass is 16.5. The average molecular weight is 265 g/mol. The largest absolute Gasteiger partial charge is 0.482 e. The lowest BCUT2D eigenvalue weighted by atomic mass is 10.1. The molecule has 0 bridgehead atoms. The van der Waals surface area contributed by atoms with Crippen LogP contribution in [0.3, 0.4) is 0 Å². The van der Waals surface area contributed by atoms with Gasteiger partial charge >= 0.3 is 0 Å². The van der Waals surface area contributed by atoms with Crippen molar-refractivity contribution >= 4 is 11.6 Å². The van der Waals surface area contributed by atoms with Crippen LogP contribution in [0.4, 0.5) is 5.69 Å². The van der Waals surface area contributed by atoms with Crippen molar-refractivity contribution in [2.45, 2.75) is 12.5 Å². The van der Waals surface area contributed by atoms with Crippen molar-refractivity contribution in [2.24, 2.45) is 5.73 Å². The van der Waals surface area contributed by atoms with Crippen molar-refractivity contribution in [3.8, 4) is 5.75 Å². The number of benzene rings is 1. The Balaban J connectivity index is 1.84. The number of amides is 1. The SMILES string of the molecule is NCC(O)CNCCc1ccc2c(c1)NC(=O)CO2. The van der Waals surface area contributed by atoms with E-state index in [1.807, 2.05) is 18.2 Å². The van der Waals surface area contributed by atoms with Crippen LogP contribution in [0.2, 0.25) is 0 Å². The first-order chi connectivity index (χ1) is 9.19. The number of nitrogens with two attached hydrogens (primary N) is 1. The Kier molecular flexibility index (Phi) is 4.73. The molecule has 0 radical (unpaired) electrons. The van der Waals surface area contributed by atoms with Gasteiger partial charge in [0.05, 0.1) is 11.8 Å². The van der Waals surface area contributed by atoms with E-state index in [-0.39, 0.29) is 19.1 Å². The summed E-state index contributed by atoms with van der Waals surface area (Å²) in [5.41, 5.74) is 7.13. The normalized spacial score (nSPS) is 15.4. The molecule has 1 aliphatic rings. The smallest absolute Gasteiger partial charge is 0.262 e. The van der Waals surface area contributed by atoms with Gasteiger partial charge in [0.1, 0.15) is 5.75 Å². The molecule has 0 aromatic heterocycles. The van der Waals surface area contributed by atoms with Gasteiger partial charge in [-0.05, 0) is 30.7 Å². The third-order valence-corrected chi connectivity index (χ3v) is 2.92. The maximum atomic E-state index is 11.2. The monoisotopic (exact) mass is 265 g/mol. The van der Waals surface area contributed by atoms with Crippen molar-refractivity contribution in [2.75, 3.05) is 31.6 Å². The van der Waals surface area contributed by atoms with Crippen LogP contribution in [-0.2, 0) is 11.2 Å². The molecule has 1 aromatic carbocycles. The van der Waals surface area contributed by atoms with E-state index in [0.717, 1.165) is 24.2 Å². The summed E-state index contributed by atoms with van der Waals surface area (Å²) in [4.78, 5) is 11.2. The Morgan fingerprint density at radius 1 is 1.53 bits per heavy atom. The molecule has 19 heavy (non-hydrogen) atoms. The number of nitrogens with one attached hydrogen (secondary N) is 2. The first kappa shape index (κ1) is 13.8. The average Bonchev–Trinajstić information content (AvgIpc) is 2.42. The Bertz CT molecular complexity index is 451. The molecule has 1 amide bonds. The van der Waals surface area contributed by atoms with Gasteiger partial charge in [-0.15, -0.1) is 0 Å². The van der Waals surface area contributed by atoms with E-state index < -0.39 is 6.10 Å². The fourth-order valence-corrected chi connectivity index (χ4v) is 1.87. The molecular formula is C13H19N3O3. The van der Waals surface area contributed by atoms with Gasteiger partial charge in [0.25, 0.3) is 5.91 Å². The summed E-state index contributed by atoms with van der Waals surface area (Å²) < 4.78 is 5.29. The lowest BCUT2D eigenvalue weighted by Crippen LogP contribution is -2.33. The number of hydrogen-bond acceptors (Lipinski definition) is 5. The van der Waals surface area contributed by atoms with E-state index in [1.165, 1.54) is 0 Å². The Hall–Kier alpha value is -1.63. The summed E-state index contributed by atoms with van der Waals surface area (Å²) >= 11 is 0. The highest BCUT2D eigenvalue weighted by molar-refractivity contribution is 5.95. The summed E-state index contributed by atoms with van der Waals surface area (Å²) in [6, 6.07) is 5.74. The van der Waals surface area contributed by atoms with Crippen LogP contribution >= 0.6 is 0 Å². The second kappa shape index (κ2) is 6.51. The maximum absolute atomic E-state index is 11.2. The molecule has 2 rings (SSSR count). The van der Waals surface area contributed by atoms with Gasteiger partial charge in [-0.3, -0.25) is 4.79 Å². The summed E-state index contributed by atoms with van der Waals surface area (Å²) in [5.74, 6) is 0.573. The highest BCUT2D eigenvalue weighted by Gasteiger charge is 2.15. The number of hydrogen-bond donors (Lipinski definition) is 4. The zero-order valence-corrected chi connectivity index (χ0v) is 10.7. The van der Waals surface area contributed by atoms with E-state index >= 15 is 0 Å².